The SMILES string of the molecule is COc1cc(/C=C2/SC(=O)N(Cc3cccc4ccccc34)C2=O)ccc1OCC(=O)Nc1ccccc1. The molecule has 0 unspecified atom stereocenters. The zero-order valence-electron chi connectivity index (χ0n) is 20.5. The van der Waals surface area contributed by atoms with Gasteiger partial charge in [0.2, 0.25) is 0 Å². The summed E-state index contributed by atoms with van der Waals surface area (Å²) in [6.07, 6.45) is 1.66. The average molecular weight is 525 g/mol. The van der Waals surface area contributed by atoms with Crippen molar-refractivity contribution >= 4 is 51.4 Å². The minimum Gasteiger partial charge on any atom is -0.493 e. The van der Waals surface area contributed by atoms with Crippen molar-refractivity contribution in [3.05, 3.63) is 107 Å². The van der Waals surface area contributed by atoms with E-state index in [2.05, 4.69) is 5.32 Å². The largest absolute Gasteiger partial charge is 0.493 e. The van der Waals surface area contributed by atoms with Gasteiger partial charge >= 0.3 is 0 Å². The van der Waals surface area contributed by atoms with Crippen LogP contribution in [0.4, 0.5) is 10.5 Å². The molecule has 5 rings (SSSR count). The Morgan fingerprint density at radius 1 is 0.921 bits per heavy atom. The van der Waals surface area contributed by atoms with E-state index in [1.165, 1.54) is 12.0 Å². The number of ether oxygens (including phenoxy) is 2. The summed E-state index contributed by atoms with van der Waals surface area (Å²) in [5, 5.41) is 4.51. The van der Waals surface area contributed by atoms with Crippen LogP contribution in [0.1, 0.15) is 11.1 Å². The molecule has 1 fully saturated rings. The normalized spacial score (nSPS) is 14.2. The van der Waals surface area contributed by atoms with Gasteiger partial charge in [0.25, 0.3) is 17.1 Å². The van der Waals surface area contributed by atoms with Gasteiger partial charge < -0.3 is 14.8 Å². The number of methoxy groups -OCH3 is 1. The summed E-state index contributed by atoms with van der Waals surface area (Å²) in [5.74, 6) is 0.144. The molecule has 1 aliphatic heterocycles. The summed E-state index contributed by atoms with van der Waals surface area (Å²) >= 11 is 0.908. The van der Waals surface area contributed by atoms with Crippen molar-refractivity contribution in [1.82, 2.24) is 4.90 Å². The third kappa shape index (κ3) is 5.55. The van der Waals surface area contributed by atoms with E-state index in [0.717, 1.165) is 28.1 Å². The Labute approximate surface area is 224 Å². The molecule has 0 bridgehead atoms. The van der Waals surface area contributed by atoms with Crippen LogP contribution in [-0.2, 0) is 16.1 Å². The fourth-order valence-corrected chi connectivity index (χ4v) is 4.98. The zero-order chi connectivity index (χ0) is 26.5. The molecule has 7 nitrogen and oxygen atoms in total. The molecule has 0 saturated carbocycles. The average Bonchev–Trinajstić information content (AvgIpc) is 3.20. The van der Waals surface area contributed by atoms with E-state index in [9.17, 15) is 14.4 Å². The van der Waals surface area contributed by atoms with Crippen LogP contribution in [0.25, 0.3) is 16.8 Å². The molecular formula is C30H24N2O5S. The van der Waals surface area contributed by atoms with Crippen LogP contribution in [0.5, 0.6) is 11.5 Å². The number of fused-ring (bicyclic) bond motifs is 1. The first kappa shape index (κ1) is 25.1. The highest BCUT2D eigenvalue weighted by atomic mass is 32.2. The van der Waals surface area contributed by atoms with E-state index < -0.39 is 0 Å². The Hall–Kier alpha value is -4.56. The minimum atomic E-state index is -0.343. The number of hydrogen-bond donors (Lipinski definition) is 1. The second-order valence-corrected chi connectivity index (χ2v) is 9.51. The van der Waals surface area contributed by atoms with Crippen LogP contribution in [0.3, 0.4) is 0 Å². The number of para-hydroxylation sites is 1. The van der Waals surface area contributed by atoms with E-state index in [-0.39, 0.29) is 30.2 Å². The molecule has 0 aliphatic carbocycles. The van der Waals surface area contributed by atoms with Crippen molar-refractivity contribution < 1.29 is 23.9 Å². The summed E-state index contributed by atoms with van der Waals surface area (Å²) < 4.78 is 11.1. The second-order valence-electron chi connectivity index (χ2n) is 8.52. The van der Waals surface area contributed by atoms with Gasteiger partial charge in [-0.15, -0.1) is 0 Å². The first-order valence-corrected chi connectivity index (χ1v) is 12.7. The van der Waals surface area contributed by atoms with Gasteiger partial charge in [0.15, 0.2) is 18.1 Å². The van der Waals surface area contributed by atoms with Crippen LogP contribution in [-0.4, -0.2) is 35.7 Å². The highest BCUT2D eigenvalue weighted by molar-refractivity contribution is 8.18. The zero-order valence-corrected chi connectivity index (χ0v) is 21.4. The maximum atomic E-state index is 13.1. The fraction of sp³-hybridized carbons (Fsp3) is 0.100. The van der Waals surface area contributed by atoms with Crippen molar-refractivity contribution in [3.8, 4) is 11.5 Å². The van der Waals surface area contributed by atoms with Gasteiger partial charge in [-0.05, 0) is 64.0 Å². The van der Waals surface area contributed by atoms with E-state index in [1.807, 2.05) is 60.7 Å². The lowest BCUT2D eigenvalue weighted by Crippen LogP contribution is -2.27. The van der Waals surface area contributed by atoms with E-state index >= 15 is 0 Å². The Kier molecular flexibility index (Phi) is 7.42. The molecule has 1 aliphatic rings. The maximum Gasteiger partial charge on any atom is 0.293 e. The van der Waals surface area contributed by atoms with Crippen molar-refractivity contribution in [2.24, 2.45) is 0 Å². The first-order chi connectivity index (χ1) is 18.5. The number of thioether (sulfide) groups is 1. The standard InChI is InChI=1S/C30H24N2O5S/c1-36-26-16-20(14-15-25(26)37-19-28(33)31-23-11-3-2-4-12-23)17-27-29(34)32(30(35)38-27)18-22-10-7-9-21-8-5-6-13-24(21)22/h2-17H,18-19H2,1H3,(H,31,33)/b27-17+. The van der Waals surface area contributed by atoms with Crippen molar-refractivity contribution in [1.29, 1.82) is 0 Å². The molecule has 1 N–H and O–H groups in total. The Bertz CT molecular complexity index is 1550. The number of amides is 3. The highest BCUT2D eigenvalue weighted by Crippen LogP contribution is 2.36. The number of nitrogens with zero attached hydrogens (tertiary/aromatic N) is 1. The number of rotatable bonds is 8. The van der Waals surface area contributed by atoms with Crippen LogP contribution >= 0.6 is 11.8 Å². The van der Waals surface area contributed by atoms with Crippen LogP contribution in [0.15, 0.2) is 95.9 Å². The van der Waals surface area contributed by atoms with Gasteiger partial charge in [-0.3, -0.25) is 19.3 Å². The van der Waals surface area contributed by atoms with Gasteiger partial charge in [-0.1, -0.05) is 66.7 Å². The number of anilines is 1. The molecule has 3 amide bonds. The van der Waals surface area contributed by atoms with Crippen LogP contribution < -0.4 is 14.8 Å². The van der Waals surface area contributed by atoms with Crippen molar-refractivity contribution in [3.63, 3.8) is 0 Å². The molecule has 4 aromatic rings. The summed E-state index contributed by atoms with van der Waals surface area (Å²) in [4.78, 5) is 39.7. The maximum absolute atomic E-state index is 13.1. The van der Waals surface area contributed by atoms with Crippen LogP contribution in [0, 0.1) is 0 Å². The number of nitrogens with one attached hydrogen (secondary N) is 1. The van der Waals surface area contributed by atoms with Gasteiger partial charge in [0.1, 0.15) is 0 Å². The lowest BCUT2D eigenvalue weighted by Gasteiger charge is -2.14. The highest BCUT2D eigenvalue weighted by Gasteiger charge is 2.35. The molecule has 0 atom stereocenters. The Balaban J connectivity index is 1.28. The van der Waals surface area contributed by atoms with E-state index in [1.54, 1.807) is 36.4 Å². The lowest BCUT2D eigenvalue weighted by atomic mass is 10.0. The van der Waals surface area contributed by atoms with E-state index in [4.69, 9.17) is 9.47 Å². The summed E-state index contributed by atoms with van der Waals surface area (Å²) in [7, 11) is 1.49. The topological polar surface area (TPSA) is 84.9 Å². The third-order valence-corrected chi connectivity index (χ3v) is 6.89. The molecule has 8 heteroatoms. The lowest BCUT2D eigenvalue weighted by molar-refractivity contribution is -0.123. The molecule has 1 saturated heterocycles. The number of hydrogen-bond acceptors (Lipinski definition) is 6. The smallest absolute Gasteiger partial charge is 0.293 e. The Morgan fingerprint density at radius 2 is 1.68 bits per heavy atom. The number of imide groups is 1. The van der Waals surface area contributed by atoms with E-state index in [0.29, 0.717) is 27.7 Å². The third-order valence-electron chi connectivity index (χ3n) is 5.98. The van der Waals surface area contributed by atoms with Gasteiger partial charge in [0.05, 0.1) is 18.6 Å². The molecule has 4 aromatic carbocycles. The molecule has 190 valence electrons. The summed E-state index contributed by atoms with van der Waals surface area (Å²) in [6.45, 7) is 0.00215. The molecule has 0 radical (unpaired) electrons. The first-order valence-electron chi connectivity index (χ1n) is 11.9. The molecule has 1 heterocycles. The molecule has 38 heavy (non-hydrogen) atoms. The van der Waals surface area contributed by atoms with Crippen molar-refractivity contribution in [2.45, 2.75) is 6.54 Å². The fourth-order valence-electron chi connectivity index (χ4n) is 4.14. The van der Waals surface area contributed by atoms with Gasteiger partial charge in [0, 0.05) is 5.69 Å². The molecule has 0 spiro atoms. The monoisotopic (exact) mass is 524 g/mol. The minimum absolute atomic E-state index is 0.197. The van der Waals surface area contributed by atoms with Gasteiger partial charge in [-0.25, -0.2) is 0 Å². The molecular weight excluding hydrogens is 500 g/mol. The quantitative estimate of drug-likeness (QED) is 0.280. The van der Waals surface area contributed by atoms with Gasteiger partial charge in [-0.2, -0.15) is 0 Å². The second kappa shape index (κ2) is 11.2. The number of benzene rings is 4. The number of carbonyl (C=O) groups excluding carboxylic acids is 3. The summed E-state index contributed by atoms with van der Waals surface area (Å²) in [5.41, 5.74) is 2.25. The molecule has 0 aromatic heterocycles. The number of carbonyl (C=O) groups is 3. The van der Waals surface area contributed by atoms with Crippen LogP contribution in [0.2, 0.25) is 0 Å². The Morgan fingerprint density at radius 3 is 2.50 bits per heavy atom. The predicted octanol–water partition coefficient (Wildman–Crippen LogP) is 6.10. The summed E-state index contributed by atoms with van der Waals surface area (Å²) in [6, 6.07) is 28.0. The van der Waals surface area contributed by atoms with Crippen molar-refractivity contribution in [2.75, 3.05) is 19.0 Å². The predicted molar refractivity (Wildman–Crippen MR) is 149 cm³/mol.